The number of hydrogen-bond acceptors (Lipinski definition) is 1. The van der Waals surface area contributed by atoms with Crippen molar-refractivity contribution >= 4 is 23.2 Å². The Morgan fingerprint density at radius 1 is 1.16 bits per heavy atom. The van der Waals surface area contributed by atoms with E-state index in [2.05, 4.69) is 36.5 Å². The number of benzene rings is 2. The third kappa shape index (κ3) is 2.36. The minimum absolute atomic E-state index is 0.0536. The van der Waals surface area contributed by atoms with Crippen LogP contribution in [0.4, 0.5) is 5.69 Å². The van der Waals surface area contributed by atoms with E-state index in [9.17, 15) is 4.79 Å². The van der Waals surface area contributed by atoms with Crippen molar-refractivity contribution < 1.29 is 4.79 Å². The summed E-state index contributed by atoms with van der Waals surface area (Å²) in [5.41, 5.74) is 4.27. The third-order valence-electron chi connectivity index (χ3n) is 3.52. The van der Waals surface area contributed by atoms with Gasteiger partial charge in [0.05, 0.1) is 5.92 Å². The molecule has 2 nitrogen and oxygen atoms in total. The summed E-state index contributed by atoms with van der Waals surface area (Å²) in [4.78, 5) is 12.1. The largest absolute Gasteiger partial charge is 0.325 e. The SMILES string of the molecule is Cc1ccc(CC2C(=O)Nc3ccc(Cl)cc32)cc1. The first-order valence-corrected chi connectivity index (χ1v) is 6.67. The monoisotopic (exact) mass is 271 g/mol. The van der Waals surface area contributed by atoms with Crippen LogP contribution in [-0.4, -0.2) is 5.91 Å². The molecule has 1 aliphatic rings. The highest BCUT2D eigenvalue weighted by atomic mass is 35.5. The molecule has 3 rings (SSSR count). The number of amides is 1. The number of carbonyl (C=O) groups is 1. The average molecular weight is 272 g/mol. The zero-order valence-electron chi connectivity index (χ0n) is 10.6. The molecule has 1 atom stereocenters. The molecule has 2 aromatic carbocycles. The molecule has 2 aromatic rings. The number of rotatable bonds is 2. The Bertz CT molecular complexity index is 634. The maximum Gasteiger partial charge on any atom is 0.232 e. The van der Waals surface area contributed by atoms with Crippen LogP contribution in [-0.2, 0) is 11.2 Å². The fraction of sp³-hybridized carbons (Fsp3) is 0.188. The second-order valence-electron chi connectivity index (χ2n) is 4.96. The van der Waals surface area contributed by atoms with Gasteiger partial charge < -0.3 is 5.32 Å². The molecule has 1 unspecified atom stereocenters. The van der Waals surface area contributed by atoms with Crippen molar-refractivity contribution in [2.75, 3.05) is 5.32 Å². The van der Waals surface area contributed by atoms with E-state index in [1.807, 2.05) is 12.1 Å². The number of anilines is 1. The quantitative estimate of drug-likeness (QED) is 0.881. The molecule has 19 heavy (non-hydrogen) atoms. The van der Waals surface area contributed by atoms with Gasteiger partial charge in [0.2, 0.25) is 5.91 Å². The van der Waals surface area contributed by atoms with Crippen LogP contribution in [0.1, 0.15) is 22.6 Å². The summed E-state index contributed by atoms with van der Waals surface area (Å²) in [6.45, 7) is 2.06. The zero-order chi connectivity index (χ0) is 13.4. The first kappa shape index (κ1) is 12.2. The molecular formula is C16H14ClNO. The Hall–Kier alpha value is -1.80. The lowest BCUT2D eigenvalue weighted by atomic mass is 9.93. The summed E-state index contributed by atoms with van der Waals surface area (Å²) in [5, 5.41) is 3.58. The maximum absolute atomic E-state index is 12.1. The van der Waals surface area contributed by atoms with Gasteiger partial charge in [-0.1, -0.05) is 41.4 Å². The van der Waals surface area contributed by atoms with Crippen LogP contribution < -0.4 is 5.32 Å². The van der Waals surface area contributed by atoms with Gasteiger partial charge in [-0.05, 0) is 42.7 Å². The van der Waals surface area contributed by atoms with E-state index in [-0.39, 0.29) is 11.8 Å². The van der Waals surface area contributed by atoms with Gasteiger partial charge in [-0.3, -0.25) is 4.79 Å². The van der Waals surface area contributed by atoms with E-state index in [1.165, 1.54) is 11.1 Å². The van der Waals surface area contributed by atoms with E-state index in [4.69, 9.17) is 11.6 Å². The lowest BCUT2D eigenvalue weighted by Crippen LogP contribution is -2.14. The van der Waals surface area contributed by atoms with Crippen molar-refractivity contribution in [2.45, 2.75) is 19.3 Å². The molecule has 3 heteroatoms. The highest BCUT2D eigenvalue weighted by Gasteiger charge is 2.30. The van der Waals surface area contributed by atoms with Crippen LogP contribution >= 0.6 is 11.6 Å². The third-order valence-corrected chi connectivity index (χ3v) is 3.76. The number of fused-ring (bicyclic) bond motifs is 1. The molecule has 0 saturated carbocycles. The molecule has 0 radical (unpaired) electrons. The predicted molar refractivity (Wildman–Crippen MR) is 77.7 cm³/mol. The number of aryl methyl sites for hydroxylation is 1. The molecule has 0 saturated heterocycles. The van der Waals surface area contributed by atoms with Gasteiger partial charge in [-0.2, -0.15) is 0 Å². The summed E-state index contributed by atoms with van der Waals surface area (Å²) in [6, 6.07) is 13.8. The molecule has 1 amide bonds. The van der Waals surface area contributed by atoms with Gasteiger partial charge in [-0.25, -0.2) is 0 Å². The molecule has 0 bridgehead atoms. The zero-order valence-corrected chi connectivity index (χ0v) is 11.4. The highest BCUT2D eigenvalue weighted by Crippen LogP contribution is 2.36. The van der Waals surface area contributed by atoms with Gasteiger partial charge in [0, 0.05) is 10.7 Å². The fourth-order valence-electron chi connectivity index (χ4n) is 2.46. The summed E-state index contributed by atoms with van der Waals surface area (Å²) in [5.74, 6) is -0.0887. The van der Waals surface area contributed by atoms with Crippen molar-refractivity contribution in [3.05, 3.63) is 64.2 Å². The first-order chi connectivity index (χ1) is 9.13. The lowest BCUT2D eigenvalue weighted by Gasteiger charge is -2.09. The number of hydrogen-bond donors (Lipinski definition) is 1. The molecule has 0 aliphatic carbocycles. The number of halogens is 1. The maximum atomic E-state index is 12.1. The van der Waals surface area contributed by atoms with E-state index in [0.29, 0.717) is 11.4 Å². The Kier molecular flexibility index (Phi) is 3.03. The van der Waals surface area contributed by atoms with Gasteiger partial charge >= 0.3 is 0 Å². The standard InChI is InChI=1S/C16H14ClNO/c1-10-2-4-11(5-3-10)8-14-13-9-12(17)6-7-15(13)18-16(14)19/h2-7,9,14H,8H2,1H3,(H,18,19). The van der Waals surface area contributed by atoms with Crippen LogP contribution in [0.25, 0.3) is 0 Å². The van der Waals surface area contributed by atoms with E-state index >= 15 is 0 Å². The molecule has 0 spiro atoms. The van der Waals surface area contributed by atoms with Gasteiger partial charge in [-0.15, -0.1) is 0 Å². The topological polar surface area (TPSA) is 29.1 Å². The van der Waals surface area contributed by atoms with Crippen molar-refractivity contribution in [3.8, 4) is 0 Å². The minimum atomic E-state index is -0.142. The lowest BCUT2D eigenvalue weighted by molar-refractivity contribution is -0.117. The van der Waals surface area contributed by atoms with Crippen molar-refractivity contribution in [3.63, 3.8) is 0 Å². The smallest absolute Gasteiger partial charge is 0.232 e. The molecule has 1 heterocycles. The number of nitrogens with one attached hydrogen (secondary N) is 1. The first-order valence-electron chi connectivity index (χ1n) is 6.29. The van der Waals surface area contributed by atoms with E-state index < -0.39 is 0 Å². The minimum Gasteiger partial charge on any atom is -0.325 e. The van der Waals surface area contributed by atoms with Crippen molar-refractivity contribution in [1.82, 2.24) is 0 Å². The highest BCUT2D eigenvalue weighted by molar-refractivity contribution is 6.31. The normalized spacial score (nSPS) is 17.2. The predicted octanol–water partition coefficient (Wildman–Crippen LogP) is 3.93. The summed E-state index contributed by atoms with van der Waals surface area (Å²) < 4.78 is 0. The van der Waals surface area contributed by atoms with Crippen LogP contribution in [0.15, 0.2) is 42.5 Å². The molecule has 1 N–H and O–H groups in total. The van der Waals surface area contributed by atoms with Crippen LogP contribution in [0, 0.1) is 6.92 Å². The van der Waals surface area contributed by atoms with Crippen molar-refractivity contribution in [2.24, 2.45) is 0 Å². The van der Waals surface area contributed by atoms with Gasteiger partial charge in [0.1, 0.15) is 0 Å². The van der Waals surface area contributed by atoms with Gasteiger partial charge in [0.15, 0.2) is 0 Å². The number of carbonyl (C=O) groups excluding carboxylic acids is 1. The summed E-state index contributed by atoms with van der Waals surface area (Å²) >= 11 is 6.02. The summed E-state index contributed by atoms with van der Waals surface area (Å²) in [7, 11) is 0. The van der Waals surface area contributed by atoms with Crippen LogP contribution in [0.3, 0.4) is 0 Å². The molecule has 96 valence electrons. The second-order valence-corrected chi connectivity index (χ2v) is 5.40. The average Bonchev–Trinajstić information content (AvgIpc) is 2.69. The second kappa shape index (κ2) is 4.71. The summed E-state index contributed by atoms with van der Waals surface area (Å²) in [6.07, 6.45) is 0.708. The van der Waals surface area contributed by atoms with E-state index in [0.717, 1.165) is 11.3 Å². The Morgan fingerprint density at radius 3 is 2.63 bits per heavy atom. The van der Waals surface area contributed by atoms with Crippen LogP contribution in [0.5, 0.6) is 0 Å². The van der Waals surface area contributed by atoms with Crippen LogP contribution in [0.2, 0.25) is 5.02 Å². The molecular weight excluding hydrogens is 258 g/mol. The molecule has 0 aromatic heterocycles. The Labute approximate surface area is 117 Å². The van der Waals surface area contributed by atoms with E-state index in [1.54, 1.807) is 6.07 Å². The van der Waals surface area contributed by atoms with Crippen molar-refractivity contribution in [1.29, 1.82) is 0 Å². The Morgan fingerprint density at radius 2 is 1.89 bits per heavy atom. The molecule has 0 fully saturated rings. The fourth-order valence-corrected chi connectivity index (χ4v) is 2.64. The molecule has 1 aliphatic heterocycles. The Balaban J connectivity index is 1.91. The van der Waals surface area contributed by atoms with Gasteiger partial charge in [0.25, 0.3) is 0 Å².